The Labute approximate surface area is 146 Å². The molecule has 0 unspecified atom stereocenters. The summed E-state index contributed by atoms with van der Waals surface area (Å²) < 4.78 is 29.2. The fourth-order valence-electron chi connectivity index (χ4n) is 1.80. The molecule has 0 aliphatic carbocycles. The van der Waals surface area contributed by atoms with Crippen LogP contribution in [0.5, 0.6) is 0 Å². The SMILES string of the molecule is CNCc1ccc(Br)c(S(=O)(=O)Nc2ccc(I)cc2)c1. The summed E-state index contributed by atoms with van der Waals surface area (Å²) in [6.45, 7) is 0.610. The minimum absolute atomic E-state index is 0.230. The average Bonchev–Trinajstić information content (AvgIpc) is 2.43. The van der Waals surface area contributed by atoms with Gasteiger partial charge in [-0.15, -0.1) is 0 Å². The van der Waals surface area contributed by atoms with Gasteiger partial charge in [-0.05, 0) is 87.5 Å². The van der Waals surface area contributed by atoms with Crippen LogP contribution in [0.25, 0.3) is 0 Å². The Hall–Kier alpha value is -0.640. The van der Waals surface area contributed by atoms with Gasteiger partial charge < -0.3 is 5.32 Å². The number of halogens is 2. The summed E-state index contributed by atoms with van der Waals surface area (Å²) in [4.78, 5) is 0.230. The molecule has 0 atom stereocenters. The van der Waals surface area contributed by atoms with E-state index in [2.05, 4.69) is 48.6 Å². The third-order valence-corrected chi connectivity index (χ3v) is 5.86. The van der Waals surface area contributed by atoms with Crippen molar-refractivity contribution < 1.29 is 8.42 Å². The number of benzene rings is 2. The Morgan fingerprint density at radius 2 is 1.81 bits per heavy atom. The van der Waals surface area contributed by atoms with E-state index in [9.17, 15) is 8.42 Å². The highest BCUT2D eigenvalue weighted by Crippen LogP contribution is 2.25. The van der Waals surface area contributed by atoms with Crippen molar-refractivity contribution in [1.82, 2.24) is 5.32 Å². The lowest BCUT2D eigenvalue weighted by Crippen LogP contribution is -2.14. The molecule has 0 heterocycles. The molecule has 2 aromatic rings. The van der Waals surface area contributed by atoms with Crippen molar-refractivity contribution in [2.75, 3.05) is 11.8 Å². The minimum Gasteiger partial charge on any atom is -0.316 e. The van der Waals surface area contributed by atoms with E-state index >= 15 is 0 Å². The van der Waals surface area contributed by atoms with Gasteiger partial charge in [0, 0.05) is 20.3 Å². The molecule has 0 radical (unpaired) electrons. The highest BCUT2D eigenvalue weighted by Gasteiger charge is 2.18. The fourth-order valence-corrected chi connectivity index (χ4v) is 4.23. The second-order valence-electron chi connectivity index (χ2n) is 4.41. The molecule has 0 bridgehead atoms. The molecule has 21 heavy (non-hydrogen) atoms. The summed E-state index contributed by atoms with van der Waals surface area (Å²) in [6, 6.07) is 12.5. The molecule has 4 nitrogen and oxygen atoms in total. The van der Waals surface area contributed by atoms with E-state index in [1.807, 2.05) is 25.2 Å². The highest BCUT2D eigenvalue weighted by atomic mass is 127. The number of nitrogens with one attached hydrogen (secondary N) is 2. The quantitative estimate of drug-likeness (QED) is 0.643. The summed E-state index contributed by atoms with van der Waals surface area (Å²) in [5.74, 6) is 0. The van der Waals surface area contributed by atoms with Gasteiger partial charge in [0.05, 0.1) is 0 Å². The van der Waals surface area contributed by atoms with E-state index in [1.54, 1.807) is 24.3 Å². The van der Waals surface area contributed by atoms with Crippen molar-refractivity contribution in [3.05, 3.63) is 56.1 Å². The molecule has 2 rings (SSSR count). The fraction of sp³-hybridized carbons (Fsp3) is 0.143. The Morgan fingerprint density at radius 3 is 2.43 bits per heavy atom. The lowest BCUT2D eigenvalue weighted by atomic mass is 10.2. The average molecular weight is 481 g/mol. The van der Waals surface area contributed by atoms with Gasteiger partial charge in [0.15, 0.2) is 0 Å². The predicted molar refractivity (Wildman–Crippen MR) is 96.9 cm³/mol. The van der Waals surface area contributed by atoms with Crippen molar-refractivity contribution in [3.8, 4) is 0 Å². The van der Waals surface area contributed by atoms with Crippen molar-refractivity contribution in [2.24, 2.45) is 0 Å². The third-order valence-electron chi connectivity index (χ3n) is 2.76. The summed E-state index contributed by atoms with van der Waals surface area (Å²) in [5.41, 5.74) is 1.45. The van der Waals surface area contributed by atoms with Gasteiger partial charge in [-0.2, -0.15) is 0 Å². The van der Waals surface area contributed by atoms with E-state index in [0.717, 1.165) is 9.13 Å². The largest absolute Gasteiger partial charge is 0.316 e. The number of hydrogen-bond donors (Lipinski definition) is 2. The van der Waals surface area contributed by atoms with Crippen molar-refractivity contribution >= 4 is 54.2 Å². The molecule has 0 fully saturated rings. The summed E-state index contributed by atoms with van der Waals surface area (Å²) in [6.07, 6.45) is 0. The Morgan fingerprint density at radius 1 is 1.14 bits per heavy atom. The summed E-state index contributed by atoms with van der Waals surface area (Å²) in [5, 5.41) is 3.01. The second-order valence-corrected chi connectivity index (χ2v) is 8.16. The first kappa shape index (κ1) is 16.7. The molecule has 2 N–H and O–H groups in total. The van der Waals surface area contributed by atoms with E-state index in [1.165, 1.54) is 0 Å². The van der Waals surface area contributed by atoms with Crippen molar-refractivity contribution in [3.63, 3.8) is 0 Å². The zero-order valence-electron chi connectivity index (χ0n) is 11.2. The van der Waals surface area contributed by atoms with Crippen LogP contribution in [0.4, 0.5) is 5.69 Å². The molecule has 2 aromatic carbocycles. The van der Waals surface area contributed by atoms with Gasteiger partial charge in [-0.25, -0.2) is 8.42 Å². The van der Waals surface area contributed by atoms with E-state index in [4.69, 9.17) is 0 Å². The van der Waals surface area contributed by atoms with Crippen molar-refractivity contribution in [2.45, 2.75) is 11.4 Å². The standard InChI is InChI=1S/C14H14BrIN2O2S/c1-17-9-10-2-7-13(15)14(8-10)21(19,20)18-12-5-3-11(16)4-6-12/h2-8,17-18H,9H2,1H3. The summed E-state index contributed by atoms with van der Waals surface area (Å²) in [7, 11) is -1.81. The third kappa shape index (κ3) is 4.41. The molecule has 0 aliphatic heterocycles. The van der Waals surface area contributed by atoms with Crippen LogP contribution in [-0.4, -0.2) is 15.5 Å². The lowest BCUT2D eigenvalue weighted by Gasteiger charge is -2.11. The number of sulfonamides is 1. The zero-order valence-corrected chi connectivity index (χ0v) is 15.8. The van der Waals surface area contributed by atoms with E-state index in [0.29, 0.717) is 16.7 Å². The minimum atomic E-state index is -3.62. The van der Waals surface area contributed by atoms with Crippen LogP contribution in [0.15, 0.2) is 51.8 Å². The van der Waals surface area contributed by atoms with Crippen LogP contribution >= 0.6 is 38.5 Å². The van der Waals surface area contributed by atoms with Crippen LogP contribution in [0.2, 0.25) is 0 Å². The Kier molecular flexibility index (Phi) is 5.64. The van der Waals surface area contributed by atoms with E-state index in [-0.39, 0.29) is 4.90 Å². The van der Waals surface area contributed by atoms with Crippen molar-refractivity contribution in [1.29, 1.82) is 0 Å². The molecule has 0 spiro atoms. The Bertz CT molecular complexity index is 733. The zero-order chi connectivity index (χ0) is 15.5. The highest BCUT2D eigenvalue weighted by molar-refractivity contribution is 14.1. The molecule has 0 saturated heterocycles. The smallest absolute Gasteiger partial charge is 0.263 e. The molecule has 0 aromatic heterocycles. The maximum absolute atomic E-state index is 12.5. The molecule has 0 aliphatic rings. The van der Waals surface area contributed by atoms with Crippen LogP contribution < -0.4 is 10.0 Å². The van der Waals surface area contributed by atoms with Gasteiger partial charge in [0.25, 0.3) is 10.0 Å². The summed E-state index contributed by atoms with van der Waals surface area (Å²) >= 11 is 5.47. The topological polar surface area (TPSA) is 58.2 Å². The molecule has 0 saturated carbocycles. The monoisotopic (exact) mass is 480 g/mol. The first-order chi connectivity index (χ1) is 9.92. The van der Waals surface area contributed by atoms with Crippen LogP contribution in [-0.2, 0) is 16.6 Å². The van der Waals surface area contributed by atoms with Gasteiger partial charge in [0.2, 0.25) is 0 Å². The maximum Gasteiger partial charge on any atom is 0.263 e. The van der Waals surface area contributed by atoms with Gasteiger partial charge in [-0.1, -0.05) is 6.07 Å². The molecule has 112 valence electrons. The van der Waals surface area contributed by atoms with Gasteiger partial charge >= 0.3 is 0 Å². The van der Waals surface area contributed by atoms with Gasteiger partial charge in [0.1, 0.15) is 4.90 Å². The molecule has 0 amide bonds. The number of hydrogen-bond acceptors (Lipinski definition) is 3. The maximum atomic E-state index is 12.5. The lowest BCUT2D eigenvalue weighted by molar-refractivity contribution is 0.600. The van der Waals surface area contributed by atoms with Crippen LogP contribution in [0.3, 0.4) is 0 Å². The van der Waals surface area contributed by atoms with E-state index < -0.39 is 10.0 Å². The second kappa shape index (κ2) is 7.08. The first-order valence-electron chi connectivity index (χ1n) is 6.14. The normalized spacial score (nSPS) is 11.4. The molecular weight excluding hydrogens is 467 g/mol. The number of rotatable bonds is 5. The number of anilines is 1. The molecular formula is C14H14BrIN2O2S. The van der Waals surface area contributed by atoms with Crippen LogP contribution in [0.1, 0.15) is 5.56 Å². The Balaban J connectivity index is 2.34. The van der Waals surface area contributed by atoms with Crippen LogP contribution in [0, 0.1) is 3.57 Å². The first-order valence-corrected chi connectivity index (χ1v) is 9.49. The predicted octanol–water partition coefficient (Wildman–Crippen LogP) is 3.57. The van der Waals surface area contributed by atoms with Gasteiger partial charge in [-0.3, -0.25) is 4.72 Å². The molecule has 7 heteroatoms.